The van der Waals surface area contributed by atoms with Crippen molar-refractivity contribution >= 4 is 27.5 Å². The third kappa shape index (κ3) is 3.47. The first-order valence-corrected chi connectivity index (χ1v) is 7.54. The number of halogens is 2. The van der Waals surface area contributed by atoms with Crippen molar-refractivity contribution in [3.8, 4) is 11.5 Å². The molecule has 0 saturated heterocycles. The largest absolute Gasteiger partial charge is 0.497 e. The highest BCUT2D eigenvalue weighted by atomic mass is 79.9. The minimum atomic E-state index is 0.104. The molecular formula is C16H16BrClO2. The number of hydrogen-bond donors (Lipinski definition) is 0. The van der Waals surface area contributed by atoms with Gasteiger partial charge in [-0.05, 0) is 36.2 Å². The van der Waals surface area contributed by atoms with Crippen LogP contribution >= 0.6 is 27.5 Å². The Kier molecular flexibility index (Phi) is 5.32. The Morgan fingerprint density at radius 3 is 2.50 bits per heavy atom. The molecule has 4 heteroatoms. The van der Waals surface area contributed by atoms with E-state index in [0.717, 1.165) is 34.1 Å². The number of alkyl halides is 1. The zero-order valence-electron chi connectivity index (χ0n) is 11.4. The van der Waals surface area contributed by atoms with Crippen molar-refractivity contribution in [1.29, 1.82) is 0 Å². The molecule has 2 rings (SSSR count). The minimum absolute atomic E-state index is 0.104. The van der Waals surface area contributed by atoms with E-state index in [2.05, 4.69) is 15.9 Å². The molecule has 1 unspecified atom stereocenters. The van der Waals surface area contributed by atoms with E-state index in [-0.39, 0.29) is 4.83 Å². The molecule has 0 bridgehead atoms. The average molecular weight is 356 g/mol. The maximum Gasteiger partial charge on any atom is 0.123 e. The van der Waals surface area contributed by atoms with Gasteiger partial charge in [0.05, 0.1) is 14.2 Å². The summed E-state index contributed by atoms with van der Waals surface area (Å²) in [5.41, 5.74) is 2.15. The molecule has 20 heavy (non-hydrogen) atoms. The second-order valence-corrected chi connectivity index (χ2v) is 5.88. The van der Waals surface area contributed by atoms with E-state index in [1.54, 1.807) is 14.2 Å². The Bertz CT molecular complexity index is 586. The van der Waals surface area contributed by atoms with E-state index in [4.69, 9.17) is 21.1 Å². The summed E-state index contributed by atoms with van der Waals surface area (Å²) in [7, 11) is 3.32. The smallest absolute Gasteiger partial charge is 0.123 e. The van der Waals surface area contributed by atoms with Crippen molar-refractivity contribution in [2.45, 2.75) is 11.2 Å². The normalized spacial score (nSPS) is 12.0. The maximum absolute atomic E-state index is 6.21. The zero-order valence-corrected chi connectivity index (χ0v) is 13.7. The van der Waals surface area contributed by atoms with E-state index < -0.39 is 0 Å². The summed E-state index contributed by atoms with van der Waals surface area (Å²) in [6.45, 7) is 0. The summed E-state index contributed by atoms with van der Waals surface area (Å²) in [5, 5.41) is 0.777. The fraction of sp³-hybridized carbons (Fsp3) is 0.250. The van der Waals surface area contributed by atoms with Gasteiger partial charge in [-0.15, -0.1) is 0 Å². The summed E-state index contributed by atoms with van der Waals surface area (Å²) in [6, 6.07) is 13.6. The molecule has 0 aliphatic carbocycles. The SMILES string of the molecule is COc1ccc(OC)c(C(Br)Cc2ccccc2Cl)c1. The lowest BCUT2D eigenvalue weighted by molar-refractivity contribution is 0.398. The van der Waals surface area contributed by atoms with Gasteiger partial charge in [-0.2, -0.15) is 0 Å². The van der Waals surface area contributed by atoms with Crippen LogP contribution in [0.3, 0.4) is 0 Å². The van der Waals surface area contributed by atoms with Crippen molar-refractivity contribution < 1.29 is 9.47 Å². The zero-order chi connectivity index (χ0) is 14.5. The monoisotopic (exact) mass is 354 g/mol. The number of rotatable bonds is 5. The van der Waals surface area contributed by atoms with Crippen LogP contribution in [0.2, 0.25) is 5.02 Å². The molecular weight excluding hydrogens is 340 g/mol. The van der Waals surface area contributed by atoms with Crippen LogP contribution in [0.25, 0.3) is 0 Å². The third-order valence-electron chi connectivity index (χ3n) is 3.13. The van der Waals surface area contributed by atoms with Crippen LogP contribution < -0.4 is 9.47 Å². The lowest BCUT2D eigenvalue weighted by Gasteiger charge is -2.16. The predicted molar refractivity (Wildman–Crippen MR) is 86.4 cm³/mol. The summed E-state index contributed by atoms with van der Waals surface area (Å²) in [6.07, 6.45) is 0.781. The molecule has 106 valence electrons. The van der Waals surface area contributed by atoms with Gasteiger partial charge in [0.2, 0.25) is 0 Å². The summed E-state index contributed by atoms with van der Waals surface area (Å²) < 4.78 is 10.7. The van der Waals surface area contributed by atoms with Crippen LogP contribution in [0, 0.1) is 0 Å². The van der Waals surface area contributed by atoms with Crippen LogP contribution in [-0.4, -0.2) is 14.2 Å². The molecule has 0 aliphatic rings. The number of hydrogen-bond acceptors (Lipinski definition) is 2. The van der Waals surface area contributed by atoms with E-state index in [0.29, 0.717) is 0 Å². The molecule has 2 aromatic carbocycles. The van der Waals surface area contributed by atoms with E-state index in [1.807, 2.05) is 42.5 Å². The molecule has 0 saturated carbocycles. The van der Waals surface area contributed by atoms with Gasteiger partial charge in [-0.25, -0.2) is 0 Å². The van der Waals surface area contributed by atoms with Gasteiger partial charge in [0.25, 0.3) is 0 Å². The second kappa shape index (κ2) is 7.00. The van der Waals surface area contributed by atoms with Crippen molar-refractivity contribution in [3.05, 3.63) is 58.6 Å². The van der Waals surface area contributed by atoms with Gasteiger partial charge in [0.1, 0.15) is 11.5 Å². The standard InChI is InChI=1S/C16H16BrClO2/c1-19-12-7-8-16(20-2)13(10-12)14(17)9-11-5-3-4-6-15(11)18/h3-8,10,14H,9H2,1-2H3. The van der Waals surface area contributed by atoms with Crippen molar-refractivity contribution in [2.75, 3.05) is 14.2 Å². The van der Waals surface area contributed by atoms with Gasteiger partial charge in [0, 0.05) is 15.4 Å². The van der Waals surface area contributed by atoms with Gasteiger partial charge in [0.15, 0.2) is 0 Å². The molecule has 2 nitrogen and oxygen atoms in total. The third-order valence-corrected chi connectivity index (χ3v) is 4.32. The fourth-order valence-corrected chi connectivity index (χ4v) is 2.97. The first-order chi connectivity index (χ1) is 9.65. The highest BCUT2D eigenvalue weighted by molar-refractivity contribution is 9.09. The highest BCUT2D eigenvalue weighted by Gasteiger charge is 2.16. The second-order valence-electron chi connectivity index (χ2n) is 4.37. The van der Waals surface area contributed by atoms with E-state index in [9.17, 15) is 0 Å². The number of benzene rings is 2. The van der Waals surface area contributed by atoms with Gasteiger partial charge >= 0.3 is 0 Å². The van der Waals surface area contributed by atoms with Crippen LogP contribution in [0.4, 0.5) is 0 Å². The summed E-state index contributed by atoms with van der Waals surface area (Å²) in [5.74, 6) is 1.64. The minimum Gasteiger partial charge on any atom is -0.497 e. The highest BCUT2D eigenvalue weighted by Crippen LogP contribution is 2.37. The summed E-state index contributed by atoms with van der Waals surface area (Å²) in [4.78, 5) is 0.104. The molecule has 0 fully saturated rings. The van der Waals surface area contributed by atoms with Crippen LogP contribution in [0.5, 0.6) is 11.5 Å². The van der Waals surface area contributed by atoms with Crippen molar-refractivity contribution in [3.63, 3.8) is 0 Å². The van der Waals surface area contributed by atoms with Gasteiger partial charge in [-0.3, -0.25) is 0 Å². The Hall–Kier alpha value is -1.19. The Labute approximate surface area is 132 Å². The Morgan fingerprint density at radius 2 is 1.85 bits per heavy atom. The van der Waals surface area contributed by atoms with E-state index >= 15 is 0 Å². The van der Waals surface area contributed by atoms with Crippen LogP contribution in [-0.2, 0) is 6.42 Å². The lowest BCUT2D eigenvalue weighted by Crippen LogP contribution is -2.00. The Balaban J connectivity index is 2.28. The average Bonchev–Trinajstić information content (AvgIpc) is 2.48. The molecule has 0 amide bonds. The molecule has 1 atom stereocenters. The predicted octanol–water partition coefficient (Wildman–Crippen LogP) is 5.04. The number of ether oxygens (including phenoxy) is 2. The first-order valence-electron chi connectivity index (χ1n) is 6.25. The molecule has 0 aliphatic heterocycles. The Morgan fingerprint density at radius 1 is 1.10 bits per heavy atom. The van der Waals surface area contributed by atoms with E-state index in [1.165, 1.54) is 0 Å². The van der Waals surface area contributed by atoms with Crippen molar-refractivity contribution in [1.82, 2.24) is 0 Å². The molecule has 0 spiro atoms. The molecule has 0 aromatic heterocycles. The van der Waals surface area contributed by atoms with Crippen LogP contribution in [0.15, 0.2) is 42.5 Å². The lowest BCUT2D eigenvalue weighted by atomic mass is 10.0. The van der Waals surface area contributed by atoms with Crippen molar-refractivity contribution in [2.24, 2.45) is 0 Å². The van der Waals surface area contributed by atoms with Gasteiger partial charge < -0.3 is 9.47 Å². The molecule has 0 heterocycles. The molecule has 0 radical (unpaired) electrons. The summed E-state index contributed by atoms with van der Waals surface area (Å²) >= 11 is 9.93. The fourth-order valence-electron chi connectivity index (χ4n) is 2.05. The van der Waals surface area contributed by atoms with Gasteiger partial charge in [-0.1, -0.05) is 45.7 Å². The quantitative estimate of drug-likeness (QED) is 0.700. The number of methoxy groups -OCH3 is 2. The van der Waals surface area contributed by atoms with Crippen LogP contribution in [0.1, 0.15) is 16.0 Å². The molecule has 2 aromatic rings. The first kappa shape index (κ1) is 15.2. The maximum atomic E-state index is 6.21. The topological polar surface area (TPSA) is 18.5 Å². The molecule has 0 N–H and O–H groups in total.